The van der Waals surface area contributed by atoms with Crippen LogP contribution in [0.3, 0.4) is 0 Å². The van der Waals surface area contributed by atoms with E-state index in [0.29, 0.717) is 25.9 Å². The molecule has 0 bridgehead atoms. The van der Waals surface area contributed by atoms with Crippen LogP contribution in [0.25, 0.3) is 0 Å². The molecule has 1 unspecified atom stereocenters. The van der Waals surface area contributed by atoms with Crippen molar-refractivity contribution in [1.29, 1.82) is 0 Å². The van der Waals surface area contributed by atoms with Crippen LogP contribution in [-0.2, 0) is 21.5 Å². The van der Waals surface area contributed by atoms with Crippen molar-refractivity contribution < 1.29 is 18.3 Å². The van der Waals surface area contributed by atoms with Gasteiger partial charge in [0.2, 0.25) is 0 Å². The van der Waals surface area contributed by atoms with Crippen molar-refractivity contribution in [1.82, 2.24) is 8.61 Å². The van der Waals surface area contributed by atoms with Gasteiger partial charge in [-0.15, -0.1) is 11.3 Å². The summed E-state index contributed by atoms with van der Waals surface area (Å²) in [5.41, 5.74) is 1.07. The molecule has 1 aliphatic heterocycles. The molecule has 2 heterocycles. The minimum atomic E-state index is -3.61. The second-order valence-electron chi connectivity index (χ2n) is 5.33. The van der Waals surface area contributed by atoms with E-state index in [9.17, 15) is 13.2 Å². The molecular weight excluding hydrogens is 312 g/mol. The number of thiophene rings is 1. The maximum Gasteiger partial charge on any atom is 0.307 e. The molecule has 1 fully saturated rings. The third kappa shape index (κ3) is 3.63. The lowest BCUT2D eigenvalue weighted by Crippen LogP contribution is -2.47. The molecule has 2 rings (SSSR count). The number of piperidine rings is 1. The summed E-state index contributed by atoms with van der Waals surface area (Å²) < 4.78 is 27.7. The van der Waals surface area contributed by atoms with Crippen LogP contribution < -0.4 is 0 Å². The quantitative estimate of drug-likeness (QED) is 0.887. The van der Waals surface area contributed by atoms with E-state index < -0.39 is 22.1 Å². The Labute approximate surface area is 129 Å². The van der Waals surface area contributed by atoms with E-state index in [2.05, 4.69) is 0 Å². The number of carbonyl (C=O) groups is 1. The molecule has 1 atom stereocenters. The topological polar surface area (TPSA) is 77.9 Å². The number of hydrogen-bond acceptors (Lipinski definition) is 4. The molecule has 1 N–H and O–H groups in total. The van der Waals surface area contributed by atoms with Gasteiger partial charge in [0.25, 0.3) is 10.2 Å². The van der Waals surface area contributed by atoms with Gasteiger partial charge in [-0.2, -0.15) is 17.0 Å². The maximum atomic E-state index is 12.6. The Hall–Kier alpha value is -0.960. The van der Waals surface area contributed by atoms with Gasteiger partial charge in [-0.3, -0.25) is 4.79 Å². The maximum absolute atomic E-state index is 12.6. The molecule has 8 heteroatoms. The van der Waals surface area contributed by atoms with Gasteiger partial charge in [-0.25, -0.2) is 0 Å². The lowest BCUT2D eigenvalue weighted by molar-refractivity contribution is -0.142. The van der Waals surface area contributed by atoms with Crippen LogP contribution in [0.4, 0.5) is 0 Å². The molecule has 0 spiro atoms. The number of aliphatic carboxylic acids is 1. The first kappa shape index (κ1) is 16.4. The fourth-order valence-corrected chi connectivity index (χ4v) is 4.86. The highest BCUT2D eigenvalue weighted by molar-refractivity contribution is 7.86. The molecule has 0 amide bonds. The van der Waals surface area contributed by atoms with E-state index in [1.54, 1.807) is 7.05 Å². The largest absolute Gasteiger partial charge is 0.481 e. The van der Waals surface area contributed by atoms with Crippen LogP contribution in [0, 0.1) is 12.8 Å². The van der Waals surface area contributed by atoms with Crippen molar-refractivity contribution in [2.45, 2.75) is 26.3 Å². The van der Waals surface area contributed by atoms with E-state index in [-0.39, 0.29) is 6.54 Å². The zero-order valence-corrected chi connectivity index (χ0v) is 13.8. The minimum absolute atomic E-state index is 0.0609. The Kier molecular flexibility index (Phi) is 5.03. The number of nitrogens with zero attached hydrogens (tertiary/aromatic N) is 2. The fourth-order valence-electron chi connectivity index (χ4n) is 2.40. The molecule has 0 radical (unpaired) electrons. The second kappa shape index (κ2) is 6.43. The van der Waals surface area contributed by atoms with Gasteiger partial charge in [0, 0.05) is 31.6 Å². The van der Waals surface area contributed by atoms with Crippen LogP contribution in [0.1, 0.15) is 23.3 Å². The number of rotatable bonds is 5. The molecular formula is C13H20N2O4S2. The Balaban J connectivity index is 2.09. The van der Waals surface area contributed by atoms with Crippen molar-refractivity contribution in [3.63, 3.8) is 0 Å². The summed E-state index contributed by atoms with van der Waals surface area (Å²) >= 11 is 1.53. The van der Waals surface area contributed by atoms with E-state index in [1.807, 2.05) is 18.4 Å². The third-order valence-electron chi connectivity index (χ3n) is 3.79. The van der Waals surface area contributed by atoms with E-state index in [1.165, 1.54) is 19.9 Å². The first-order chi connectivity index (χ1) is 9.82. The standard InChI is InChI=1S/C13H20N2O4S2/c1-10-5-7-20-12(10)9-14(2)21(18,19)15-6-3-4-11(8-15)13(16)17/h5,7,11H,3-4,6,8-9H2,1-2H3,(H,16,17). The Bertz CT molecular complexity index is 611. The summed E-state index contributed by atoms with van der Waals surface area (Å²) in [5.74, 6) is -1.53. The van der Waals surface area contributed by atoms with Gasteiger partial charge >= 0.3 is 5.97 Å². The second-order valence-corrected chi connectivity index (χ2v) is 8.36. The van der Waals surface area contributed by atoms with Crippen LogP contribution >= 0.6 is 11.3 Å². The molecule has 0 saturated carbocycles. The number of carboxylic acid groups (broad SMARTS) is 1. The Morgan fingerprint density at radius 2 is 2.29 bits per heavy atom. The number of hydrogen-bond donors (Lipinski definition) is 1. The molecule has 21 heavy (non-hydrogen) atoms. The summed E-state index contributed by atoms with van der Waals surface area (Å²) in [6.07, 6.45) is 1.12. The van der Waals surface area contributed by atoms with E-state index in [0.717, 1.165) is 10.4 Å². The molecule has 0 aliphatic carbocycles. The Morgan fingerprint density at radius 1 is 1.57 bits per heavy atom. The van der Waals surface area contributed by atoms with Crippen LogP contribution in [0.2, 0.25) is 0 Å². The van der Waals surface area contributed by atoms with Crippen LogP contribution in [-0.4, -0.2) is 48.2 Å². The first-order valence-corrected chi connectivity index (χ1v) is 9.07. The SMILES string of the molecule is Cc1ccsc1CN(C)S(=O)(=O)N1CCCC(C(=O)O)C1. The van der Waals surface area contributed by atoms with Gasteiger partial charge in [-0.1, -0.05) is 0 Å². The average molecular weight is 332 g/mol. The first-order valence-electron chi connectivity index (χ1n) is 6.79. The predicted octanol–water partition coefficient (Wildman–Crippen LogP) is 1.53. The smallest absolute Gasteiger partial charge is 0.307 e. The molecule has 1 aliphatic rings. The highest BCUT2D eigenvalue weighted by atomic mass is 32.2. The lowest BCUT2D eigenvalue weighted by atomic mass is 10.0. The van der Waals surface area contributed by atoms with Crippen LogP contribution in [0.5, 0.6) is 0 Å². The van der Waals surface area contributed by atoms with Crippen molar-refractivity contribution in [2.24, 2.45) is 5.92 Å². The monoisotopic (exact) mass is 332 g/mol. The summed E-state index contributed by atoms with van der Waals surface area (Å²) in [6.45, 7) is 2.72. The zero-order valence-electron chi connectivity index (χ0n) is 12.2. The zero-order chi connectivity index (χ0) is 15.6. The van der Waals surface area contributed by atoms with Gasteiger partial charge in [-0.05, 0) is 36.8 Å². The molecule has 0 aromatic carbocycles. The molecule has 6 nitrogen and oxygen atoms in total. The van der Waals surface area contributed by atoms with Crippen LogP contribution in [0.15, 0.2) is 11.4 Å². The van der Waals surface area contributed by atoms with Gasteiger partial charge in [0.15, 0.2) is 0 Å². The molecule has 1 aromatic heterocycles. The number of carboxylic acids is 1. The highest BCUT2D eigenvalue weighted by Gasteiger charge is 2.34. The number of aryl methyl sites for hydroxylation is 1. The fraction of sp³-hybridized carbons (Fsp3) is 0.615. The van der Waals surface area contributed by atoms with Gasteiger partial charge < -0.3 is 5.11 Å². The van der Waals surface area contributed by atoms with Crippen molar-refractivity contribution >= 4 is 27.5 Å². The lowest BCUT2D eigenvalue weighted by Gasteiger charge is -2.32. The van der Waals surface area contributed by atoms with Crippen molar-refractivity contribution in [3.8, 4) is 0 Å². The molecule has 1 saturated heterocycles. The third-order valence-corrected chi connectivity index (χ3v) is 6.70. The van der Waals surface area contributed by atoms with E-state index >= 15 is 0 Å². The summed E-state index contributed by atoms with van der Waals surface area (Å²) in [6, 6.07) is 1.96. The van der Waals surface area contributed by atoms with Crippen molar-refractivity contribution in [2.75, 3.05) is 20.1 Å². The molecule has 118 valence electrons. The minimum Gasteiger partial charge on any atom is -0.481 e. The molecule has 1 aromatic rings. The summed E-state index contributed by atoms with van der Waals surface area (Å²) in [7, 11) is -2.07. The highest BCUT2D eigenvalue weighted by Crippen LogP contribution is 2.23. The van der Waals surface area contributed by atoms with Crippen molar-refractivity contribution in [3.05, 3.63) is 21.9 Å². The van der Waals surface area contributed by atoms with E-state index in [4.69, 9.17) is 5.11 Å². The van der Waals surface area contributed by atoms with Gasteiger partial charge in [0.05, 0.1) is 5.92 Å². The summed E-state index contributed by atoms with van der Waals surface area (Å²) in [5, 5.41) is 11.0. The average Bonchev–Trinajstić information content (AvgIpc) is 2.84. The predicted molar refractivity (Wildman–Crippen MR) is 81.4 cm³/mol. The summed E-state index contributed by atoms with van der Waals surface area (Å²) in [4.78, 5) is 12.1. The normalized spacial score (nSPS) is 20.8. The van der Waals surface area contributed by atoms with Gasteiger partial charge in [0.1, 0.15) is 0 Å². The Morgan fingerprint density at radius 3 is 2.86 bits per heavy atom.